The van der Waals surface area contributed by atoms with Gasteiger partial charge in [0.2, 0.25) is 5.13 Å². The van der Waals surface area contributed by atoms with Crippen LogP contribution in [0.4, 0.5) is 9.52 Å². The van der Waals surface area contributed by atoms with Crippen molar-refractivity contribution in [2.45, 2.75) is 94.9 Å². The van der Waals surface area contributed by atoms with Crippen molar-refractivity contribution in [3.05, 3.63) is 87.9 Å². The van der Waals surface area contributed by atoms with Crippen molar-refractivity contribution >= 4 is 27.9 Å². The molecule has 0 radical (unpaired) electrons. The summed E-state index contributed by atoms with van der Waals surface area (Å²) in [7, 11) is 3.42. The summed E-state index contributed by atoms with van der Waals surface area (Å²) in [6.07, 6.45) is 24.2. The Kier molecular flexibility index (Phi) is 30.4. The first-order chi connectivity index (χ1) is 21.7. The first kappa shape index (κ1) is 45.5. The maximum Gasteiger partial charge on any atom is 0.258 e. The molecule has 0 aliphatic carbocycles. The molecule has 250 valence electrons. The molecule has 0 bridgehead atoms. The second kappa shape index (κ2) is 30.1. The van der Waals surface area contributed by atoms with Crippen LogP contribution in [0.15, 0.2) is 71.5 Å². The number of benzene rings is 1. The average molecular weight is 641 g/mol. The molecule has 2 rings (SSSR count). The smallest absolute Gasteiger partial charge is 0.258 e. The van der Waals surface area contributed by atoms with Crippen LogP contribution in [0.25, 0.3) is 5.57 Å². The summed E-state index contributed by atoms with van der Waals surface area (Å²) in [4.78, 5) is 13.1. The SMILES string of the molecule is C#C.C/C=C(\C=C/CCCC)NC.CC.CC.CC/C=C/C(C(=O)Nc1nnc(C)s1)=C(\C=C(C)C)c1c(F)cccc1OC. The zero-order valence-electron chi connectivity index (χ0n) is 29.7. The van der Waals surface area contributed by atoms with E-state index in [4.69, 9.17) is 4.74 Å². The maximum atomic E-state index is 14.8. The van der Waals surface area contributed by atoms with Gasteiger partial charge in [-0.2, -0.15) is 0 Å². The zero-order chi connectivity index (χ0) is 35.2. The van der Waals surface area contributed by atoms with Gasteiger partial charge in [0, 0.05) is 23.9 Å². The topological polar surface area (TPSA) is 76.1 Å². The molecular weight excluding hydrogens is 583 g/mol. The lowest BCUT2D eigenvalue weighted by Gasteiger charge is -2.15. The molecule has 1 aromatic heterocycles. The van der Waals surface area contributed by atoms with Crippen molar-refractivity contribution < 1.29 is 13.9 Å². The Morgan fingerprint density at radius 1 is 1.07 bits per heavy atom. The number of aromatic nitrogens is 2. The molecule has 0 fully saturated rings. The zero-order valence-corrected chi connectivity index (χ0v) is 30.5. The van der Waals surface area contributed by atoms with E-state index in [1.807, 2.05) is 68.5 Å². The number of ether oxygens (including phenoxy) is 1. The third-order valence-electron chi connectivity index (χ3n) is 5.32. The van der Waals surface area contributed by atoms with Gasteiger partial charge in [0.25, 0.3) is 5.91 Å². The molecule has 0 aliphatic heterocycles. The summed E-state index contributed by atoms with van der Waals surface area (Å²) in [5, 5.41) is 14.8. The van der Waals surface area contributed by atoms with E-state index >= 15 is 0 Å². The Morgan fingerprint density at radius 3 is 2.18 bits per heavy atom. The highest BCUT2D eigenvalue weighted by molar-refractivity contribution is 7.15. The van der Waals surface area contributed by atoms with E-state index in [2.05, 4.69) is 58.8 Å². The molecule has 1 heterocycles. The second-order valence-electron chi connectivity index (χ2n) is 8.80. The Hall–Kier alpha value is -3.96. The van der Waals surface area contributed by atoms with E-state index in [1.165, 1.54) is 49.5 Å². The minimum absolute atomic E-state index is 0.241. The van der Waals surface area contributed by atoms with Gasteiger partial charge in [-0.1, -0.05) is 108 Å². The minimum atomic E-state index is -0.464. The summed E-state index contributed by atoms with van der Waals surface area (Å²) in [6.45, 7) is 19.8. The van der Waals surface area contributed by atoms with Gasteiger partial charge in [0.15, 0.2) is 0 Å². The molecule has 8 heteroatoms. The molecule has 1 amide bonds. The highest BCUT2D eigenvalue weighted by atomic mass is 32.1. The van der Waals surface area contributed by atoms with Crippen LogP contribution in [0.2, 0.25) is 0 Å². The Labute approximate surface area is 277 Å². The van der Waals surface area contributed by atoms with Gasteiger partial charge < -0.3 is 10.1 Å². The summed E-state index contributed by atoms with van der Waals surface area (Å²) in [5.41, 5.74) is 3.12. The number of aryl methyl sites for hydroxylation is 1. The number of amides is 1. The third kappa shape index (κ3) is 19.1. The highest BCUT2D eigenvalue weighted by Gasteiger charge is 2.20. The quantitative estimate of drug-likeness (QED) is 0.104. The van der Waals surface area contributed by atoms with Crippen molar-refractivity contribution in [2.24, 2.45) is 0 Å². The Morgan fingerprint density at radius 2 is 1.71 bits per heavy atom. The number of terminal acetylenes is 1. The molecule has 45 heavy (non-hydrogen) atoms. The number of carbonyl (C=O) groups excluding carboxylic acids is 1. The lowest BCUT2D eigenvalue weighted by Crippen LogP contribution is -2.15. The molecule has 0 aliphatic rings. The van der Waals surface area contributed by atoms with Crippen molar-refractivity contribution in [2.75, 3.05) is 19.5 Å². The molecule has 6 nitrogen and oxygen atoms in total. The third-order valence-corrected chi connectivity index (χ3v) is 6.07. The van der Waals surface area contributed by atoms with Crippen LogP contribution in [0.3, 0.4) is 0 Å². The number of hydrogen-bond donors (Lipinski definition) is 2. The van der Waals surface area contributed by atoms with Gasteiger partial charge in [-0.3, -0.25) is 10.1 Å². The highest BCUT2D eigenvalue weighted by Crippen LogP contribution is 2.33. The van der Waals surface area contributed by atoms with Crippen LogP contribution < -0.4 is 15.4 Å². The molecule has 0 atom stereocenters. The van der Waals surface area contributed by atoms with Gasteiger partial charge in [-0.15, -0.1) is 23.0 Å². The van der Waals surface area contributed by atoms with E-state index in [-0.39, 0.29) is 5.56 Å². The molecule has 2 aromatic rings. The van der Waals surface area contributed by atoms with E-state index in [0.29, 0.717) is 22.0 Å². The van der Waals surface area contributed by atoms with Crippen molar-refractivity contribution in [3.63, 3.8) is 0 Å². The number of anilines is 1. The van der Waals surface area contributed by atoms with Crippen molar-refractivity contribution in [1.82, 2.24) is 15.5 Å². The molecule has 0 spiro atoms. The normalized spacial score (nSPS) is 10.8. The Balaban J connectivity index is -0.000000869. The van der Waals surface area contributed by atoms with Crippen LogP contribution >= 0.6 is 11.3 Å². The number of methoxy groups -OCH3 is 1. The molecule has 0 saturated heterocycles. The average Bonchev–Trinajstić information content (AvgIpc) is 3.47. The van der Waals surface area contributed by atoms with Gasteiger partial charge in [0.1, 0.15) is 16.6 Å². The lowest BCUT2D eigenvalue weighted by atomic mass is 9.95. The molecule has 2 N–H and O–H groups in total. The van der Waals surface area contributed by atoms with Crippen LogP contribution in [-0.2, 0) is 4.79 Å². The van der Waals surface area contributed by atoms with Gasteiger partial charge in [-0.25, -0.2) is 4.39 Å². The number of halogens is 1. The summed E-state index contributed by atoms with van der Waals surface area (Å²) in [6, 6.07) is 4.59. The number of unbranched alkanes of at least 4 members (excludes halogenated alkanes) is 2. The fraction of sp³-hybridized carbons (Fsp3) is 0.432. The van der Waals surface area contributed by atoms with Gasteiger partial charge in [0.05, 0.1) is 12.7 Å². The minimum Gasteiger partial charge on any atom is -0.496 e. The number of allylic oxidation sites excluding steroid dienone is 7. The summed E-state index contributed by atoms with van der Waals surface area (Å²) >= 11 is 1.27. The number of rotatable bonds is 12. The number of likely N-dealkylation sites (N-methyl/N-ethyl adjacent to an activating group) is 1. The summed E-state index contributed by atoms with van der Waals surface area (Å²) < 4.78 is 20.2. The Bertz CT molecular complexity index is 1250. The van der Waals surface area contributed by atoms with Crippen LogP contribution in [-0.4, -0.2) is 30.3 Å². The molecule has 1 aromatic carbocycles. The number of nitrogens with one attached hydrogen (secondary N) is 2. The summed E-state index contributed by atoms with van der Waals surface area (Å²) in [5.74, 6) is -0.498. The standard InChI is InChI=1S/C21H24FN3O2S.C10H19N.2C2H6.C2H2/c1-6-7-9-15(20(26)23-21-25-24-14(4)28-21)16(12-13(2)3)19-17(22)10-8-11-18(19)27-5;1-4-6-7-8-9-10(5-2)11-3;3*1-2/h7-12H,6H2,1-5H3,(H,23,25,26);5,8-9,11H,4,6-7H2,1-3H3;2*1-2H3;1-2H/b9-7+,16-15-;9-8-,10-5+;;;. The van der Waals surface area contributed by atoms with Gasteiger partial charge >= 0.3 is 0 Å². The second-order valence-corrected chi connectivity index (χ2v) is 9.98. The van der Waals surface area contributed by atoms with E-state index in [9.17, 15) is 9.18 Å². The molecular formula is C37H57FN4O2S. The first-order valence-corrected chi connectivity index (χ1v) is 16.4. The van der Waals surface area contributed by atoms with Crippen LogP contribution in [0, 0.1) is 25.6 Å². The van der Waals surface area contributed by atoms with E-state index in [1.54, 1.807) is 31.2 Å². The molecule has 0 unspecified atom stereocenters. The number of hydrogen-bond acceptors (Lipinski definition) is 6. The molecule has 0 saturated carbocycles. The fourth-order valence-electron chi connectivity index (χ4n) is 3.40. The predicted molar refractivity (Wildman–Crippen MR) is 196 cm³/mol. The van der Waals surface area contributed by atoms with Crippen molar-refractivity contribution in [3.8, 4) is 18.6 Å². The van der Waals surface area contributed by atoms with Crippen LogP contribution in [0.1, 0.15) is 98.6 Å². The van der Waals surface area contributed by atoms with Gasteiger partial charge in [-0.05, 0) is 58.7 Å². The predicted octanol–water partition coefficient (Wildman–Crippen LogP) is 10.5. The fourth-order valence-corrected chi connectivity index (χ4v) is 3.99. The van der Waals surface area contributed by atoms with Crippen LogP contribution in [0.5, 0.6) is 5.75 Å². The number of nitrogens with zero attached hydrogens (tertiary/aromatic N) is 2. The first-order valence-electron chi connectivity index (χ1n) is 15.6. The van der Waals surface area contributed by atoms with E-state index in [0.717, 1.165) is 17.0 Å². The van der Waals surface area contributed by atoms with E-state index < -0.39 is 11.7 Å². The maximum absolute atomic E-state index is 14.8. The monoisotopic (exact) mass is 640 g/mol. The lowest BCUT2D eigenvalue weighted by molar-refractivity contribution is -0.112. The van der Waals surface area contributed by atoms with Crippen molar-refractivity contribution in [1.29, 1.82) is 0 Å². The number of carbonyl (C=O) groups is 1. The largest absolute Gasteiger partial charge is 0.496 e.